The van der Waals surface area contributed by atoms with Gasteiger partial charge in [-0.05, 0) is 42.8 Å². The van der Waals surface area contributed by atoms with Crippen LogP contribution >= 0.6 is 23.1 Å². The average molecular weight is 446 g/mol. The van der Waals surface area contributed by atoms with Gasteiger partial charge >= 0.3 is 0 Å². The Morgan fingerprint density at radius 3 is 2.60 bits per heavy atom. The van der Waals surface area contributed by atoms with E-state index in [1.54, 1.807) is 24.3 Å². The number of rotatable bonds is 9. The van der Waals surface area contributed by atoms with Crippen molar-refractivity contribution < 1.29 is 14.0 Å². The Bertz CT molecular complexity index is 1010. The molecule has 0 aliphatic heterocycles. The zero-order chi connectivity index (χ0) is 21.3. The van der Waals surface area contributed by atoms with E-state index in [0.717, 1.165) is 18.1 Å². The molecule has 2 aromatic carbocycles. The normalized spacial score (nSPS) is 10.5. The highest BCUT2D eigenvalue weighted by atomic mass is 32.2. The summed E-state index contributed by atoms with van der Waals surface area (Å²) in [6.07, 6.45) is 0.985. The van der Waals surface area contributed by atoms with Crippen molar-refractivity contribution in [3.63, 3.8) is 0 Å². The van der Waals surface area contributed by atoms with Crippen LogP contribution in [0.25, 0.3) is 0 Å². The van der Waals surface area contributed by atoms with E-state index in [0.29, 0.717) is 21.3 Å². The number of amides is 2. The zero-order valence-corrected chi connectivity index (χ0v) is 17.8. The Morgan fingerprint density at radius 2 is 1.83 bits per heavy atom. The van der Waals surface area contributed by atoms with Crippen molar-refractivity contribution in [3.8, 4) is 0 Å². The highest BCUT2D eigenvalue weighted by molar-refractivity contribution is 8.01. The quantitative estimate of drug-likeness (QED) is 0.420. The molecule has 30 heavy (non-hydrogen) atoms. The average Bonchev–Trinajstić information content (AvgIpc) is 3.20. The van der Waals surface area contributed by atoms with E-state index in [1.807, 2.05) is 0 Å². The van der Waals surface area contributed by atoms with Crippen LogP contribution in [0.1, 0.15) is 23.7 Å². The highest BCUT2D eigenvalue weighted by Crippen LogP contribution is 2.26. The molecule has 0 spiro atoms. The Morgan fingerprint density at radius 1 is 1.07 bits per heavy atom. The molecule has 3 rings (SSSR count). The third-order valence-corrected chi connectivity index (χ3v) is 5.82. The van der Waals surface area contributed by atoms with Gasteiger partial charge in [-0.15, -0.1) is 10.2 Å². The predicted octanol–water partition coefficient (Wildman–Crippen LogP) is 4.48. The van der Waals surface area contributed by atoms with E-state index < -0.39 is 5.91 Å². The minimum absolute atomic E-state index is 0.135. The monoisotopic (exact) mass is 445 g/mol. The van der Waals surface area contributed by atoms with Gasteiger partial charge in [0.15, 0.2) is 4.34 Å². The Balaban J connectivity index is 1.58. The van der Waals surface area contributed by atoms with Crippen LogP contribution in [0, 0.1) is 5.82 Å². The van der Waals surface area contributed by atoms with Crippen molar-refractivity contribution in [2.24, 2.45) is 0 Å². The second-order valence-electron chi connectivity index (χ2n) is 6.14. The maximum atomic E-state index is 13.0. The third kappa shape index (κ3) is 6.26. The highest BCUT2D eigenvalue weighted by Gasteiger charge is 2.14. The minimum atomic E-state index is -0.402. The smallest absolute Gasteiger partial charge is 0.257 e. The Hall–Kier alpha value is -2.98. The van der Waals surface area contributed by atoms with Gasteiger partial charge in [-0.2, -0.15) is 0 Å². The van der Waals surface area contributed by atoms with Crippen LogP contribution in [-0.2, 0) is 4.79 Å². The number of halogens is 1. The van der Waals surface area contributed by atoms with Gasteiger partial charge in [-0.1, -0.05) is 42.2 Å². The largest absolute Gasteiger partial charge is 0.360 e. The molecule has 1 heterocycles. The summed E-state index contributed by atoms with van der Waals surface area (Å²) < 4.78 is 13.7. The lowest BCUT2D eigenvalue weighted by molar-refractivity contribution is -0.113. The first-order valence-electron chi connectivity index (χ1n) is 9.21. The molecule has 0 saturated heterocycles. The predicted molar refractivity (Wildman–Crippen MR) is 119 cm³/mol. The lowest BCUT2D eigenvalue weighted by Gasteiger charge is -2.11. The van der Waals surface area contributed by atoms with Crippen LogP contribution < -0.4 is 16.0 Å². The summed E-state index contributed by atoms with van der Waals surface area (Å²) in [6, 6.07) is 12.2. The van der Waals surface area contributed by atoms with Crippen molar-refractivity contribution >= 4 is 51.4 Å². The SMILES string of the molecule is CCCNc1nnc(SCC(=O)Nc2ccccc2C(=O)Nc2ccc(F)cc2)s1. The first kappa shape index (κ1) is 21.7. The lowest BCUT2D eigenvalue weighted by atomic mass is 10.1. The van der Waals surface area contributed by atoms with E-state index in [9.17, 15) is 14.0 Å². The minimum Gasteiger partial charge on any atom is -0.360 e. The van der Waals surface area contributed by atoms with Crippen molar-refractivity contribution in [2.45, 2.75) is 17.7 Å². The first-order chi connectivity index (χ1) is 14.5. The van der Waals surface area contributed by atoms with Crippen LogP contribution in [0.15, 0.2) is 52.9 Å². The van der Waals surface area contributed by atoms with Crippen molar-refractivity contribution in [3.05, 3.63) is 59.9 Å². The molecule has 0 atom stereocenters. The fourth-order valence-corrected chi connectivity index (χ4v) is 3.98. The fraction of sp³-hybridized carbons (Fsp3) is 0.200. The molecule has 7 nitrogen and oxygen atoms in total. The van der Waals surface area contributed by atoms with E-state index in [4.69, 9.17) is 0 Å². The maximum absolute atomic E-state index is 13.0. The van der Waals surface area contributed by atoms with Gasteiger partial charge in [-0.25, -0.2) is 4.39 Å². The molecule has 0 unspecified atom stereocenters. The number of benzene rings is 2. The molecule has 156 valence electrons. The number of nitrogens with one attached hydrogen (secondary N) is 3. The molecule has 0 aliphatic carbocycles. The van der Waals surface area contributed by atoms with E-state index >= 15 is 0 Å². The lowest BCUT2D eigenvalue weighted by Crippen LogP contribution is -2.19. The van der Waals surface area contributed by atoms with E-state index in [-0.39, 0.29) is 17.5 Å². The summed E-state index contributed by atoms with van der Waals surface area (Å²) in [5, 5.41) is 17.4. The van der Waals surface area contributed by atoms with Crippen LogP contribution in [0.5, 0.6) is 0 Å². The maximum Gasteiger partial charge on any atom is 0.257 e. The molecule has 10 heteroatoms. The molecular formula is C20H20FN5O2S2. The summed E-state index contributed by atoms with van der Waals surface area (Å²) >= 11 is 2.67. The molecule has 3 N–H and O–H groups in total. The summed E-state index contributed by atoms with van der Waals surface area (Å²) in [5.74, 6) is -0.917. The van der Waals surface area contributed by atoms with E-state index in [2.05, 4.69) is 33.1 Å². The molecule has 0 bridgehead atoms. The van der Waals surface area contributed by atoms with Gasteiger partial charge in [0.1, 0.15) is 5.82 Å². The molecular weight excluding hydrogens is 425 g/mol. The number of thioether (sulfide) groups is 1. The van der Waals surface area contributed by atoms with Gasteiger partial charge in [0.25, 0.3) is 5.91 Å². The number of carbonyl (C=O) groups excluding carboxylic acids is 2. The second-order valence-corrected chi connectivity index (χ2v) is 8.34. The summed E-state index contributed by atoms with van der Waals surface area (Å²) in [5.41, 5.74) is 1.16. The van der Waals surface area contributed by atoms with Gasteiger partial charge < -0.3 is 16.0 Å². The van der Waals surface area contributed by atoms with E-state index in [1.165, 1.54) is 47.4 Å². The summed E-state index contributed by atoms with van der Waals surface area (Å²) in [4.78, 5) is 25.0. The second kappa shape index (κ2) is 10.7. The van der Waals surface area contributed by atoms with Gasteiger partial charge in [0, 0.05) is 12.2 Å². The number of carbonyl (C=O) groups is 2. The fourth-order valence-electron chi connectivity index (χ4n) is 2.41. The van der Waals surface area contributed by atoms with Crippen LogP contribution in [0.4, 0.5) is 20.9 Å². The molecule has 2 amide bonds. The zero-order valence-electron chi connectivity index (χ0n) is 16.1. The van der Waals surface area contributed by atoms with Crippen LogP contribution in [0.2, 0.25) is 0 Å². The molecule has 0 fully saturated rings. The van der Waals surface area contributed by atoms with Gasteiger partial charge in [0.05, 0.1) is 17.0 Å². The Kier molecular flexibility index (Phi) is 7.75. The topological polar surface area (TPSA) is 96.0 Å². The number of anilines is 3. The molecule has 1 aromatic heterocycles. The third-order valence-electron chi connectivity index (χ3n) is 3.81. The number of nitrogens with zero attached hydrogens (tertiary/aromatic N) is 2. The van der Waals surface area contributed by atoms with Crippen molar-refractivity contribution in [1.82, 2.24) is 10.2 Å². The first-order valence-corrected chi connectivity index (χ1v) is 11.0. The van der Waals surface area contributed by atoms with Crippen LogP contribution in [0.3, 0.4) is 0 Å². The van der Waals surface area contributed by atoms with Crippen LogP contribution in [-0.4, -0.2) is 34.3 Å². The molecule has 3 aromatic rings. The van der Waals surface area contributed by atoms with Gasteiger partial charge in [0.2, 0.25) is 11.0 Å². The number of aromatic nitrogens is 2. The summed E-state index contributed by atoms with van der Waals surface area (Å²) in [7, 11) is 0. The number of hydrogen-bond acceptors (Lipinski definition) is 7. The molecule has 0 saturated carbocycles. The number of hydrogen-bond donors (Lipinski definition) is 3. The summed E-state index contributed by atoms with van der Waals surface area (Å²) in [6.45, 7) is 2.88. The molecule has 0 radical (unpaired) electrons. The number of para-hydroxylation sites is 1. The van der Waals surface area contributed by atoms with Gasteiger partial charge in [-0.3, -0.25) is 9.59 Å². The standard InChI is InChI=1S/C20H20FN5O2S2/c1-2-11-22-19-25-26-20(30-19)29-12-17(27)24-16-6-4-3-5-15(16)18(28)23-14-9-7-13(21)8-10-14/h3-10H,2,11-12H2,1H3,(H,22,25)(H,23,28)(H,24,27). The van der Waals surface area contributed by atoms with Crippen molar-refractivity contribution in [2.75, 3.05) is 28.2 Å². The molecule has 0 aliphatic rings. The van der Waals surface area contributed by atoms with Crippen molar-refractivity contribution in [1.29, 1.82) is 0 Å². The Labute approximate surface area is 181 Å².